The third-order valence-corrected chi connectivity index (χ3v) is 3.47. The van der Waals surface area contributed by atoms with Gasteiger partial charge in [-0.3, -0.25) is 0 Å². The van der Waals surface area contributed by atoms with Crippen molar-refractivity contribution in [1.29, 1.82) is 0 Å². The molecule has 21 heavy (non-hydrogen) atoms. The second-order valence-electron chi connectivity index (χ2n) is 5.74. The number of tetrazole rings is 1. The van der Waals surface area contributed by atoms with Crippen molar-refractivity contribution in [2.24, 2.45) is 5.92 Å². The van der Waals surface area contributed by atoms with Gasteiger partial charge in [0, 0.05) is 12.1 Å². The average molecular weight is 289 g/mol. The summed E-state index contributed by atoms with van der Waals surface area (Å²) in [5, 5.41) is 24.0. The highest BCUT2D eigenvalue weighted by atomic mass is 16.3. The quantitative estimate of drug-likeness (QED) is 0.811. The molecule has 0 bridgehead atoms. The molecule has 0 amide bonds. The molecule has 0 saturated carbocycles. The maximum absolute atomic E-state index is 9.45. The lowest BCUT2D eigenvalue weighted by Crippen LogP contribution is -2.35. The maximum Gasteiger partial charge on any atom is 0.143 e. The van der Waals surface area contributed by atoms with E-state index in [2.05, 4.69) is 53.7 Å². The van der Waals surface area contributed by atoms with E-state index in [9.17, 15) is 5.11 Å². The van der Waals surface area contributed by atoms with Gasteiger partial charge in [-0.2, -0.15) is 0 Å². The zero-order valence-corrected chi connectivity index (χ0v) is 12.8. The molecule has 0 aliphatic carbocycles. The van der Waals surface area contributed by atoms with Crippen LogP contribution in [0.15, 0.2) is 30.6 Å². The lowest BCUT2D eigenvalue weighted by molar-refractivity contribution is 0.215. The Bertz CT molecular complexity index is 524. The first-order valence-corrected chi connectivity index (χ1v) is 7.30. The van der Waals surface area contributed by atoms with Gasteiger partial charge >= 0.3 is 0 Å². The van der Waals surface area contributed by atoms with Crippen LogP contribution in [0.1, 0.15) is 38.8 Å². The maximum atomic E-state index is 9.45. The first kappa shape index (κ1) is 15.6. The van der Waals surface area contributed by atoms with E-state index in [1.807, 2.05) is 12.1 Å². The van der Waals surface area contributed by atoms with Gasteiger partial charge in [-0.05, 0) is 47.4 Å². The van der Waals surface area contributed by atoms with Crippen LogP contribution in [0.25, 0.3) is 5.69 Å². The summed E-state index contributed by atoms with van der Waals surface area (Å²) in [6.07, 6.45) is 2.53. The van der Waals surface area contributed by atoms with Gasteiger partial charge in [-0.15, -0.1) is 5.10 Å². The lowest BCUT2D eigenvalue weighted by atomic mass is 10.0. The van der Waals surface area contributed by atoms with Crippen LogP contribution in [0, 0.1) is 5.92 Å². The van der Waals surface area contributed by atoms with E-state index in [4.69, 9.17) is 0 Å². The van der Waals surface area contributed by atoms with E-state index in [1.54, 1.807) is 11.0 Å². The Morgan fingerprint density at radius 3 is 2.43 bits per heavy atom. The Morgan fingerprint density at radius 1 is 1.19 bits per heavy atom. The Labute approximate surface area is 125 Å². The summed E-state index contributed by atoms with van der Waals surface area (Å²) < 4.78 is 1.62. The highest BCUT2D eigenvalue weighted by Crippen LogP contribution is 2.17. The summed E-state index contributed by atoms with van der Waals surface area (Å²) >= 11 is 0. The normalized spacial score (nSPS) is 14.3. The smallest absolute Gasteiger partial charge is 0.143 e. The number of aliphatic hydroxyl groups is 1. The number of aliphatic hydroxyl groups excluding tert-OH is 1. The lowest BCUT2D eigenvalue weighted by Gasteiger charge is -2.23. The Kier molecular flexibility index (Phi) is 5.41. The van der Waals surface area contributed by atoms with Crippen LogP contribution in [-0.4, -0.2) is 38.0 Å². The van der Waals surface area contributed by atoms with Gasteiger partial charge in [0.1, 0.15) is 6.33 Å². The van der Waals surface area contributed by atoms with E-state index in [-0.39, 0.29) is 18.7 Å². The number of nitrogens with one attached hydrogen (secondary N) is 1. The Morgan fingerprint density at radius 2 is 1.90 bits per heavy atom. The number of hydrogen-bond donors (Lipinski definition) is 2. The summed E-state index contributed by atoms with van der Waals surface area (Å²) in [6, 6.07) is 8.39. The van der Waals surface area contributed by atoms with Crippen molar-refractivity contribution in [1.82, 2.24) is 25.5 Å². The summed E-state index contributed by atoms with van der Waals surface area (Å²) in [4.78, 5) is 0. The molecule has 0 aliphatic rings. The molecule has 1 heterocycles. The molecule has 6 heteroatoms. The van der Waals surface area contributed by atoms with Crippen molar-refractivity contribution >= 4 is 0 Å². The van der Waals surface area contributed by atoms with Crippen molar-refractivity contribution in [2.45, 2.75) is 39.3 Å². The van der Waals surface area contributed by atoms with E-state index >= 15 is 0 Å². The zero-order valence-electron chi connectivity index (χ0n) is 12.8. The molecular weight excluding hydrogens is 266 g/mol. The Balaban J connectivity index is 2.00. The SMILES string of the molecule is CC(C)CC(CO)NC(C)c1ccc(-n2cnnn2)cc1. The van der Waals surface area contributed by atoms with Gasteiger partial charge in [0.25, 0.3) is 0 Å². The second kappa shape index (κ2) is 7.28. The van der Waals surface area contributed by atoms with Gasteiger partial charge in [-0.1, -0.05) is 26.0 Å². The average Bonchev–Trinajstić information content (AvgIpc) is 3.00. The second-order valence-corrected chi connectivity index (χ2v) is 5.74. The van der Waals surface area contributed by atoms with Crippen LogP contribution in [0.4, 0.5) is 0 Å². The van der Waals surface area contributed by atoms with E-state index < -0.39 is 0 Å². The molecule has 0 radical (unpaired) electrons. The van der Waals surface area contributed by atoms with Crippen molar-refractivity contribution < 1.29 is 5.11 Å². The van der Waals surface area contributed by atoms with Crippen LogP contribution >= 0.6 is 0 Å². The van der Waals surface area contributed by atoms with Gasteiger partial charge in [0.15, 0.2) is 0 Å². The number of rotatable bonds is 7. The molecule has 0 aliphatic heterocycles. The van der Waals surface area contributed by atoms with Crippen LogP contribution in [0.5, 0.6) is 0 Å². The van der Waals surface area contributed by atoms with Gasteiger partial charge < -0.3 is 10.4 Å². The highest BCUT2D eigenvalue weighted by molar-refractivity contribution is 5.34. The number of benzene rings is 1. The molecule has 2 unspecified atom stereocenters. The molecule has 0 spiro atoms. The predicted molar refractivity (Wildman–Crippen MR) is 81.0 cm³/mol. The molecule has 2 atom stereocenters. The van der Waals surface area contributed by atoms with E-state index in [1.165, 1.54) is 5.56 Å². The van der Waals surface area contributed by atoms with Gasteiger partial charge in [0.2, 0.25) is 0 Å². The van der Waals surface area contributed by atoms with Crippen molar-refractivity contribution in [3.8, 4) is 5.69 Å². The Hall–Kier alpha value is -1.79. The summed E-state index contributed by atoms with van der Waals surface area (Å²) in [5.41, 5.74) is 2.10. The minimum absolute atomic E-state index is 0.124. The molecule has 2 N–H and O–H groups in total. The van der Waals surface area contributed by atoms with Crippen molar-refractivity contribution in [2.75, 3.05) is 6.61 Å². The third kappa shape index (κ3) is 4.34. The fourth-order valence-electron chi connectivity index (χ4n) is 2.41. The molecule has 0 saturated heterocycles. The van der Waals surface area contributed by atoms with Crippen LogP contribution < -0.4 is 5.32 Å². The van der Waals surface area contributed by atoms with E-state index in [0.717, 1.165) is 12.1 Å². The summed E-state index contributed by atoms with van der Waals surface area (Å²) in [7, 11) is 0. The summed E-state index contributed by atoms with van der Waals surface area (Å²) in [6.45, 7) is 6.59. The van der Waals surface area contributed by atoms with E-state index in [0.29, 0.717) is 5.92 Å². The number of hydrogen-bond acceptors (Lipinski definition) is 5. The molecular formula is C15H23N5O. The first-order valence-electron chi connectivity index (χ1n) is 7.30. The van der Waals surface area contributed by atoms with Crippen LogP contribution in [0.3, 0.4) is 0 Å². The highest BCUT2D eigenvalue weighted by Gasteiger charge is 2.14. The third-order valence-electron chi connectivity index (χ3n) is 3.47. The number of nitrogens with zero attached hydrogens (tertiary/aromatic N) is 4. The first-order chi connectivity index (χ1) is 10.1. The minimum atomic E-state index is 0.124. The molecule has 0 fully saturated rings. The number of aromatic nitrogens is 4. The molecule has 114 valence electrons. The molecule has 2 rings (SSSR count). The van der Waals surface area contributed by atoms with Crippen molar-refractivity contribution in [3.05, 3.63) is 36.2 Å². The molecule has 1 aromatic carbocycles. The van der Waals surface area contributed by atoms with Gasteiger partial charge in [0.05, 0.1) is 12.3 Å². The molecule has 1 aromatic heterocycles. The predicted octanol–water partition coefficient (Wildman–Crippen LogP) is 1.72. The van der Waals surface area contributed by atoms with Crippen LogP contribution in [-0.2, 0) is 0 Å². The topological polar surface area (TPSA) is 75.9 Å². The zero-order chi connectivity index (χ0) is 15.2. The minimum Gasteiger partial charge on any atom is -0.395 e. The van der Waals surface area contributed by atoms with Crippen LogP contribution in [0.2, 0.25) is 0 Å². The fourth-order valence-corrected chi connectivity index (χ4v) is 2.41. The molecule has 2 aromatic rings. The molecule has 6 nitrogen and oxygen atoms in total. The summed E-state index contributed by atoms with van der Waals surface area (Å²) in [5.74, 6) is 0.559. The monoisotopic (exact) mass is 289 g/mol. The van der Waals surface area contributed by atoms with Crippen molar-refractivity contribution in [3.63, 3.8) is 0 Å². The fraction of sp³-hybridized carbons (Fsp3) is 0.533. The largest absolute Gasteiger partial charge is 0.395 e. The van der Waals surface area contributed by atoms with Gasteiger partial charge in [-0.25, -0.2) is 4.68 Å². The standard InChI is InChI=1S/C15H23N5O/c1-11(2)8-14(9-21)17-12(3)13-4-6-15(7-5-13)20-10-16-18-19-20/h4-7,10-12,14,17,21H,8-9H2,1-3H3.